The normalized spacial score (nSPS) is 13.8. The van der Waals surface area contributed by atoms with E-state index in [2.05, 4.69) is 20.2 Å². The highest BCUT2D eigenvalue weighted by molar-refractivity contribution is 5.72. The maximum atomic E-state index is 11.3. The summed E-state index contributed by atoms with van der Waals surface area (Å²) in [5.74, 6) is 1.49. The fourth-order valence-electron chi connectivity index (χ4n) is 4.07. The summed E-state index contributed by atoms with van der Waals surface area (Å²) < 4.78 is 11.2. The summed E-state index contributed by atoms with van der Waals surface area (Å²) in [7, 11) is 1.90. The number of anilines is 4. The summed E-state index contributed by atoms with van der Waals surface area (Å²) in [6.07, 6.45) is 1.64. The Morgan fingerprint density at radius 2 is 1.79 bits per heavy atom. The first-order chi connectivity index (χ1) is 18.4. The molecule has 0 amide bonds. The first kappa shape index (κ1) is 26.9. The SMILES string of the molecule is CCOC(Cc1ccc(OCCN(C)c2nc(Nc3ccc(O)cc3)nc(N3CCCC3)n2)cc1)C(=O)O. The third-order valence-electron chi connectivity index (χ3n) is 6.15. The van der Waals surface area contributed by atoms with Crippen molar-refractivity contribution in [3.63, 3.8) is 0 Å². The minimum atomic E-state index is -0.970. The van der Waals surface area contributed by atoms with Gasteiger partial charge < -0.3 is 34.8 Å². The summed E-state index contributed by atoms with van der Waals surface area (Å²) >= 11 is 0. The van der Waals surface area contributed by atoms with E-state index < -0.39 is 12.1 Å². The number of benzene rings is 2. The molecule has 11 nitrogen and oxygen atoms in total. The van der Waals surface area contributed by atoms with Gasteiger partial charge in [0.1, 0.15) is 18.1 Å². The number of aromatic hydroxyl groups is 1. The summed E-state index contributed by atoms with van der Waals surface area (Å²) in [5, 5.41) is 22.0. The van der Waals surface area contributed by atoms with Gasteiger partial charge in [0.15, 0.2) is 6.10 Å². The highest BCUT2D eigenvalue weighted by Crippen LogP contribution is 2.23. The Hall–Kier alpha value is -4.12. The second kappa shape index (κ2) is 12.9. The zero-order valence-corrected chi connectivity index (χ0v) is 21.7. The maximum absolute atomic E-state index is 11.3. The largest absolute Gasteiger partial charge is 0.508 e. The van der Waals surface area contributed by atoms with Crippen LogP contribution >= 0.6 is 0 Å². The van der Waals surface area contributed by atoms with E-state index >= 15 is 0 Å². The van der Waals surface area contributed by atoms with Crippen molar-refractivity contribution in [2.45, 2.75) is 32.3 Å². The topological polar surface area (TPSA) is 133 Å². The number of carboxylic acid groups (broad SMARTS) is 1. The summed E-state index contributed by atoms with van der Waals surface area (Å²) in [4.78, 5) is 29.3. The van der Waals surface area contributed by atoms with Crippen molar-refractivity contribution < 1.29 is 24.5 Å². The number of likely N-dealkylation sites (N-methyl/N-ethyl adjacent to an activating group) is 1. The molecule has 0 spiro atoms. The molecule has 1 atom stereocenters. The lowest BCUT2D eigenvalue weighted by Crippen LogP contribution is -2.28. The molecule has 1 fully saturated rings. The van der Waals surface area contributed by atoms with Crippen LogP contribution in [0, 0.1) is 0 Å². The molecule has 2 aromatic carbocycles. The number of ether oxygens (including phenoxy) is 2. The van der Waals surface area contributed by atoms with Crippen molar-refractivity contribution in [3.8, 4) is 11.5 Å². The van der Waals surface area contributed by atoms with E-state index in [1.807, 2.05) is 36.2 Å². The number of phenolic OH excluding ortho intramolecular Hbond substituents is 1. The number of rotatable bonds is 13. The predicted molar refractivity (Wildman–Crippen MR) is 145 cm³/mol. The molecular formula is C27H34N6O5. The number of nitrogens with one attached hydrogen (secondary N) is 1. The van der Waals surface area contributed by atoms with Crippen LogP contribution in [0.4, 0.5) is 23.5 Å². The molecule has 3 N–H and O–H groups in total. The molecular weight excluding hydrogens is 488 g/mol. The van der Waals surface area contributed by atoms with Gasteiger partial charge in [-0.25, -0.2) is 4.79 Å². The van der Waals surface area contributed by atoms with Crippen LogP contribution in [-0.4, -0.2) is 77.1 Å². The van der Waals surface area contributed by atoms with Crippen LogP contribution in [-0.2, 0) is 16.0 Å². The van der Waals surface area contributed by atoms with Crippen molar-refractivity contribution in [2.75, 3.05) is 55.0 Å². The van der Waals surface area contributed by atoms with Gasteiger partial charge in [-0.15, -0.1) is 0 Å². The molecule has 0 aliphatic carbocycles. The molecule has 1 aliphatic heterocycles. The van der Waals surface area contributed by atoms with Crippen LogP contribution in [0.15, 0.2) is 48.5 Å². The third-order valence-corrected chi connectivity index (χ3v) is 6.15. The molecule has 38 heavy (non-hydrogen) atoms. The molecule has 0 bridgehead atoms. The molecule has 1 saturated heterocycles. The Labute approximate surface area is 222 Å². The number of phenols is 1. The molecule has 11 heteroatoms. The second-order valence-electron chi connectivity index (χ2n) is 9.03. The lowest BCUT2D eigenvalue weighted by molar-refractivity contribution is -0.149. The monoisotopic (exact) mass is 522 g/mol. The Balaban J connectivity index is 1.38. The number of hydrogen-bond donors (Lipinski definition) is 3. The van der Waals surface area contributed by atoms with E-state index in [0.29, 0.717) is 49.8 Å². The van der Waals surface area contributed by atoms with E-state index in [1.54, 1.807) is 31.2 Å². The highest BCUT2D eigenvalue weighted by atomic mass is 16.5. The maximum Gasteiger partial charge on any atom is 0.333 e. The second-order valence-corrected chi connectivity index (χ2v) is 9.03. The molecule has 1 unspecified atom stereocenters. The minimum absolute atomic E-state index is 0.189. The average molecular weight is 523 g/mol. The summed E-state index contributed by atoms with van der Waals surface area (Å²) in [5.41, 5.74) is 1.63. The smallest absolute Gasteiger partial charge is 0.333 e. The number of carbonyl (C=O) groups is 1. The van der Waals surface area contributed by atoms with Crippen LogP contribution in [0.3, 0.4) is 0 Å². The van der Waals surface area contributed by atoms with Gasteiger partial charge in [0.2, 0.25) is 17.8 Å². The lowest BCUT2D eigenvalue weighted by Gasteiger charge is -2.21. The van der Waals surface area contributed by atoms with E-state index in [9.17, 15) is 15.0 Å². The predicted octanol–water partition coefficient (Wildman–Crippen LogP) is 3.47. The molecule has 0 saturated carbocycles. The fraction of sp³-hybridized carbons (Fsp3) is 0.407. The van der Waals surface area contributed by atoms with Crippen molar-refractivity contribution in [2.24, 2.45) is 0 Å². The number of hydrogen-bond acceptors (Lipinski definition) is 10. The molecule has 202 valence electrons. The minimum Gasteiger partial charge on any atom is -0.508 e. The van der Waals surface area contributed by atoms with Gasteiger partial charge in [0.25, 0.3) is 0 Å². The van der Waals surface area contributed by atoms with Gasteiger partial charge >= 0.3 is 5.97 Å². The molecule has 3 aromatic rings. The van der Waals surface area contributed by atoms with Gasteiger partial charge in [-0.3, -0.25) is 0 Å². The molecule has 1 aliphatic rings. The van der Waals surface area contributed by atoms with E-state index in [4.69, 9.17) is 14.5 Å². The molecule has 2 heterocycles. The van der Waals surface area contributed by atoms with Crippen LogP contribution in [0.2, 0.25) is 0 Å². The van der Waals surface area contributed by atoms with Gasteiger partial charge in [0.05, 0.1) is 6.54 Å². The molecule has 4 rings (SSSR count). The van der Waals surface area contributed by atoms with Crippen molar-refractivity contribution in [1.82, 2.24) is 15.0 Å². The molecule has 1 aromatic heterocycles. The fourth-order valence-corrected chi connectivity index (χ4v) is 4.07. The van der Waals surface area contributed by atoms with Crippen molar-refractivity contribution >= 4 is 29.5 Å². The first-order valence-corrected chi connectivity index (χ1v) is 12.8. The quantitative estimate of drug-likeness (QED) is 0.285. The number of nitrogens with zero attached hydrogens (tertiary/aromatic N) is 5. The first-order valence-electron chi connectivity index (χ1n) is 12.8. The number of carboxylic acids is 1. The Kier molecular flexibility index (Phi) is 9.15. The van der Waals surface area contributed by atoms with E-state index in [-0.39, 0.29) is 5.75 Å². The summed E-state index contributed by atoms with van der Waals surface area (Å²) in [6.45, 7) is 4.88. The summed E-state index contributed by atoms with van der Waals surface area (Å²) in [6, 6.07) is 14.1. The zero-order valence-electron chi connectivity index (χ0n) is 21.7. The van der Waals surface area contributed by atoms with Gasteiger partial charge in [-0.05, 0) is 61.7 Å². The average Bonchev–Trinajstić information content (AvgIpc) is 3.46. The zero-order chi connectivity index (χ0) is 26.9. The van der Waals surface area contributed by atoms with Crippen LogP contribution < -0.4 is 19.9 Å². The Morgan fingerprint density at radius 3 is 2.45 bits per heavy atom. The van der Waals surface area contributed by atoms with Crippen molar-refractivity contribution in [3.05, 3.63) is 54.1 Å². The lowest BCUT2D eigenvalue weighted by atomic mass is 10.1. The van der Waals surface area contributed by atoms with Crippen molar-refractivity contribution in [1.29, 1.82) is 0 Å². The van der Waals surface area contributed by atoms with E-state index in [1.165, 1.54) is 0 Å². The Bertz CT molecular complexity index is 1190. The standard InChI is InChI=1S/C27H34N6O5/c1-3-37-23(24(35)36)18-19-6-12-22(13-7-19)38-17-16-32(2)26-29-25(28-20-8-10-21(34)11-9-20)30-27(31-26)33-14-4-5-15-33/h6-13,23,34H,3-5,14-18H2,1-2H3,(H,35,36)(H,28,29,30,31). The van der Waals surface area contributed by atoms with Gasteiger partial charge in [-0.1, -0.05) is 12.1 Å². The van der Waals surface area contributed by atoms with Crippen LogP contribution in [0.25, 0.3) is 0 Å². The third kappa shape index (κ3) is 7.45. The Morgan fingerprint density at radius 1 is 1.08 bits per heavy atom. The van der Waals surface area contributed by atoms with E-state index in [0.717, 1.165) is 37.2 Å². The highest BCUT2D eigenvalue weighted by Gasteiger charge is 2.20. The van der Waals surface area contributed by atoms with Crippen LogP contribution in [0.5, 0.6) is 11.5 Å². The number of aromatic nitrogens is 3. The van der Waals surface area contributed by atoms with Gasteiger partial charge in [-0.2, -0.15) is 15.0 Å². The molecule has 0 radical (unpaired) electrons. The van der Waals surface area contributed by atoms with Crippen LogP contribution in [0.1, 0.15) is 25.3 Å². The van der Waals surface area contributed by atoms with Gasteiger partial charge in [0, 0.05) is 38.9 Å². The number of aliphatic carboxylic acids is 1.